The molecule has 0 fully saturated rings. The van der Waals surface area contributed by atoms with E-state index in [-0.39, 0.29) is 52.3 Å². The molecule has 1 aromatic rings. The van der Waals surface area contributed by atoms with Crippen molar-refractivity contribution < 1.29 is 62.5 Å². The fourth-order valence-electron chi connectivity index (χ4n) is 0.344. The van der Waals surface area contributed by atoms with Crippen LogP contribution < -0.4 is 0 Å². The maximum Gasteiger partial charge on any atom is 2.00 e. The SMILES string of the molecule is Cc1ncc[nH]1.O.O.O.O.O.O.O=[N+]([O-])[O-].O=[N+]([O-])[O-].[Zn+2]. The molecule has 0 aliphatic heterocycles. The third-order valence-electron chi connectivity index (χ3n) is 0.635. The summed E-state index contributed by atoms with van der Waals surface area (Å²) in [6.07, 6.45) is 3.53. The first-order valence-electron chi connectivity index (χ1n) is 2.95. The number of aromatic amines is 1. The molecule has 0 aliphatic rings. The van der Waals surface area contributed by atoms with Crippen LogP contribution in [0, 0.1) is 37.6 Å². The van der Waals surface area contributed by atoms with Crippen molar-refractivity contribution in [1.29, 1.82) is 0 Å². The van der Waals surface area contributed by atoms with Crippen LogP contribution in [0.1, 0.15) is 5.82 Å². The molecule has 13 N–H and O–H groups in total. The van der Waals surface area contributed by atoms with Gasteiger partial charge in [-0.3, -0.25) is 0 Å². The number of aromatic nitrogens is 2. The fourth-order valence-corrected chi connectivity index (χ4v) is 0.344. The largest absolute Gasteiger partial charge is 2.00 e. The van der Waals surface area contributed by atoms with Gasteiger partial charge in [0.1, 0.15) is 5.82 Å². The van der Waals surface area contributed by atoms with Crippen molar-refractivity contribution in [2.24, 2.45) is 0 Å². The van der Waals surface area contributed by atoms with Gasteiger partial charge in [0.05, 0.1) is 10.2 Å². The molecule has 0 aromatic carbocycles. The first-order valence-corrected chi connectivity index (χ1v) is 2.95. The van der Waals surface area contributed by atoms with E-state index in [0.29, 0.717) is 0 Å². The molecule has 1 rings (SSSR count). The summed E-state index contributed by atoms with van der Waals surface area (Å²) in [4.78, 5) is 23.2. The molecule has 0 saturated heterocycles. The molecule has 0 aliphatic carbocycles. The van der Waals surface area contributed by atoms with Crippen LogP contribution in [0.15, 0.2) is 12.4 Å². The molecule has 1 aromatic heterocycles. The van der Waals surface area contributed by atoms with Crippen LogP contribution in [0.2, 0.25) is 0 Å². The van der Waals surface area contributed by atoms with Crippen molar-refractivity contribution in [3.63, 3.8) is 0 Å². The molecule has 0 atom stereocenters. The maximum absolute atomic E-state index is 8.25. The quantitative estimate of drug-likeness (QED) is 0.260. The topological polar surface area (TPSA) is 350 Å². The first kappa shape index (κ1) is 61.6. The number of H-pyrrole nitrogens is 1. The minimum absolute atomic E-state index is 0. The fraction of sp³-hybridized carbons (Fsp3) is 0.250. The summed E-state index contributed by atoms with van der Waals surface area (Å²) in [5, 5.41) is 29.5. The normalized spacial score (nSPS) is 4.81. The van der Waals surface area contributed by atoms with Crippen molar-refractivity contribution >= 4 is 0 Å². The average Bonchev–Trinajstić information content (AvgIpc) is 2.36. The molecule has 0 saturated carbocycles. The van der Waals surface area contributed by atoms with E-state index in [1.165, 1.54) is 0 Å². The van der Waals surface area contributed by atoms with Crippen LogP contribution in [-0.4, -0.2) is 53.0 Å². The standard InChI is InChI=1S/C4H6N2.2NO3.6H2O.Zn/c1-4-5-2-3-6-4;2*2-1(3)4;;;;;;;/h2-3H,1H3,(H,5,6);;;6*1H2;/q;2*-1;;;;;;;+2. The third kappa shape index (κ3) is 185. The minimum atomic E-state index is -1.75. The van der Waals surface area contributed by atoms with Gasteiger partial charge in [-0.25, -0.2) is 4.98 Å². The number of imidazole rings is 1. The third-order valence-corrected chi connectivity index (χ3v) is 0.635. The van der Waals surface area contributed by atoms with Crippen molar-refractivity contribution in [3.05, 3.63) is 48.9 Å². The summed E-state index contributed by atoms with van der Waals surface area (Å²) >= 11 is 0. The second-order valence-corrected chi connectivity index (χ2v) is 1.62. The van der Waals surface area contributed by atoms with E-state index in [9.17, 15) is 0 Å². The Morgan fingerprint density at radius 1 is 0.905 bits per heavy atom. The molecule has 0 spiro atoms. The predicted molar refractivity (Wildman–Crippen MR) is 65.7 cm³/mol. The molecule has 16 nitrogen and oxygen atoms in total. The van der Waals surface area contributed by atoms with Crippen molar-refractivity contribution in [1.82, 2.24) is 9.97 Å². The number of rotatable bonds is 0. The van der Waals surface area contributed by atoms with Crippen LogP contribution in [0.3, 0.4) is 0 Å². The Kier molecular flexibility index (Phi) is 126. The summed E-state index contributed by atoms with van der Waals surface area (Å²) < 4.78 is 0. The summed E-state index contributed by atoms with van der Waals surface area (Å²) in [6.45, 7) is 1.92. The molecule has 128 valence electrons. The van der Waals surface area contributed by atoms with Crippen molar-refractivity contribution in [3.8, 4) is 0 Å². The average molecular weight is 380 g/mol. The molecule has 0 unspecified atom stereocenters. The van der Waals surface area contributed by atoms with Crippen molar-refractivity contribution in [2.75, 3.05) is 0 Å². The second-order valence-electron chi connectivity index (χ2n) is 1.62. The Hall–Kier alpha value is -2.01. The Morgan fingerprint density at radius 2 is 1.14 bits per heavy atom. The van der Waals surface area contributed by atoms with Gasteiger partial charge in [0, 0.05) is 12.4 Å². The van der Waals surface area contributed by atoms with E-state index in [4.69, 9.17) is 30.6 Å². The van der Waals surface area contributed by atoms with Crippen molar-refractivity contribution in [2.45, 2.75) is 6.92 Å². The van der Waals surface area contributed by atoms with Crippen LogP contribution in [0.4, 0.5) is 0 Å². The number of aryl methyl sites for hydroxylation is 1. The molecule has 21 heavy (non-hydrogen) atoms. The minimum Gasteiger partial charge on any atom is -0.412 e. The van der Waals surface area contributed by atoms with Gasteiger partial charge in [0.15, 0.2) is 0 Å². The van der Waals surface area contributed by atoms with E-state index in [0.717, 1.165) is 5.82 Å². The first-order chi connectivity index (χ1) is 6.36. The van der Waals surface area contributed by atoms with E-state index in [1.54, 1.807) is 12.4 Å². The monoisotopic (exact) mass is 378 g/mol. The maximum atomic E-state index is 8.25. The molecule has 0 bridgehead atoms. The molecular formula is C4H18N4O12Zn. The van der Waals surface area contributed by atoms with Gasteiger partial charge >= 0.3 is 19.5 Å². The number of hydrogen-bond donors (Lipinski definition) is 1. The Labute approximate surface area is 129 Å². The van der Waals surface area contributed by atoms with Gasteiger partial charge in [0.2, 0.25) is 0 Å². The molecular weight excluding hydrogens is 361 g/mol. The Bertz CT molecular complexity index is 250. The Morgan fingerprint density at radius 3 is 1.19 bits per heavy atom. The van der Waals surface area contributed by atoms with E-state index < -0.39 is 10.2 Å². The van der Waals surface area contributed by atoms with Crippen LogP contribution >= 0.6 is 0 Å². The van der Waals surface area contributed by atoms with E-state index in [2.05, 4.69) is 9.97 Å². The number of nitrogens with one attached hydrogen (secondary N) is 1. The second kappa shape index (κ2) is 43.0. The van der Waals surface area contributed by atoms with Gasteiger partial charge < -0.3 is 68.5 Å². The molecule has 0 amide bonds. The van der Waals surface area contributed by atoms with Gasteiger partial charge in [-0.2, -0.15) is 0 Å². The van der Waals surface area contributed by atoms with Gasteiger partial charge in [0.25, 0.3) is 0 Å². The predicted octanol–water partition coefficient (Wildman–Crippen LogP) is -4.71. The Balaban J connectivity index is -0.0000000129. The summed E-state index contributed by atoms with van der Waals surface area (Å²) in [5.41, 5.74) is 0. The molecule has 1 heterocycles. The zero-order valence-corrected chi connectivity index (χ0v) is 13.6. The number of hydrogen-bond acceptors (Lipinski definition) is 7. The van der Waals surface area contributed by atoms with Gasteiger partial charge in [-0.1, -0.05) is 0 Å². The smallest absolute Gasteiger partial charge is 0.412 e. The molecule has 0 radical (unpaired) electrons. The van der Waals surface area contributed by atoms with Gasteiger partial charge in [-0.05, 0) is 6.92 Å². The summed E-state index contributed by atoms with van der Waals surface area (Å²) in [7, 11) is 0. The zero-order chi connectivity index (χ0) is 11.6. The van der Waals surface area contributed by atoms with E-state index in [1.807, 2.05) is 6.92 Å². The zero-order valence-electron chi connectivity index (χ0n) is 10.7. The van der Waals surface area contributed by atoms with Crippen LogP contribution in [-0.2, 0) is 19.5 Å². The van der Waals surface area contributed by atoms with Crippen LogP contribution in [0.25, 0.3) is 0 Å². The number of nitrogens with zero attached hydrogens (tertiary/aromatic N) is 3. The summed E-state index contributed by atoms with van der Waals surface area (Å²) in [5.74, 6) is 0.968. The summed E-state index contributed by atoms with van der Waals surface area (Å²) in [6, 6.07) is 0. The van der Waals surface area contributed by atoms with Crippen LogP contribution in [0.5, 0.6) is 0 Å². The molecule has 17 heteroatoms. The van der Waals surface area contributed by atoms with E-state index >= 15 is 0 Å². The van der Waals surface area contributed by atoms with Gasteiger partial charge in [-0.15, -0.1) is 0 Å².